The second kappa shape index (κ2) is 9.93. The van der Waals surface area contributed by atoms with Gasteiger partial charge in [0.2, 0.25) is 6.29 Å². The lowest BCUT2D eigenvalue weighted by molar-refractivity contribution is -0.303. The Hall–Kier alpha value is -0.900. The Morgan fingerprint density at radius 1 is 1.10 bits per heavy atom. The molecular formula is C19H37N5O7. The summed E-state index contributed by atoms with van der Waals surface area (Å²) in [6, 6.07) is -2.37. The zero-order valence-electron chi connectivity index (χ0n) is 18.0. The molecule has 0 unspecified atom stereocenters. The van der Waals surface area contributed by atoms with E-state index < -0.39 is 66.8 Å². The highest BCUT2D eigenvalue weighted by atomic mass is 16.7. The SMILES string of the molecule is CN[C@@H]1[C@H](O)[C@@H](O[C@H]2[C@H](O)[C@H](O[C@@H]3OC(CN)=CC[C@@H]3N)[C@@H](N)C[C@H]2N)OC[C@]1(C)O. The van der Waals surface area contributed by atoms with Crippen molar-refractivity contribution in [3.63, 3.8) is 0 Å². The van der Waals surface area contributed by atoms with E-state index in [0.29, 0.717) is 18.6 Å². The maximum absolute atomic E-state index is 11.0. The smallest absolute Gasteiger partial charge is 0.215 e. The molecule has 31 heavy (non-hydrogen) atoms. The molecule has 1 saturated carbocycles. The maximum Gasteiger partial charge on any atom is 0.215 e. The molecule has 0 aromatic carbocycles. The Kier molecular flexibility index (Phi) is 7.92. The summed E-state index contributed by atoms with van der Waals surface area (Å²) < 4.78 is 23.1. The minimum absolute atomic E-state index is 0.0727. The van der Waals surface area contributed by atoms with Crippen LogP contribution in [-0.4, -0.2) is 102 Å². The Bertz CT molecular complexity index is 639. The fraction of sp³-hybridized carbons (Fsp3) is 0.895. The second-order valence-electron chi connectivity index (χ2n) is 8.81. The number of hydrogen-bond donors (Lipinski definition) is 8. The van der Waals surface area contributed by atoms with Gasteiger partial charge in [0.25, 0.3) is 0 Å². The van der Waals surface area contributed by atoms with Gasteiger partial charge in [-0.2, -0.15) is 0 Å². The summed E-state index contributed by atoms with van der Waals surface area (Å²) in [6.07, 6.45) is -3.56. The van der Waals surface area contributed by atoms with Crippen LogP contribution in [0.5, 0.6) is 0 Å². The third kappa shape index (κ3) is 5.20. The first-order chi connectivity index (χ1) is 14.6. The molecule has 0 amide bonds. The molecule has 2 heterocycles. The number of nitrogens with one attached hydrogen (secondary N) is 1. The van der Waals surface area contributed by atoms with Crippen molar-refractivity contribution in [2.45, 2.75) is 86.5 Å². The van der Waals surface area contributed by atoms with E-state index in [1.54, 1.807) is 20.0 Å². The summed E-state index contributed by atoms with van der Waals surface area (Å²) >= 11 is 0. The van der Waals surface area contributed by atoms with Gasteiger partial charge < -0.3 is 62.5 Å². The number of aliphatic hydroxyl groups is 3. The van der Waals surface area contributed by atoms with Crippen molar-refractivity contribution in [1.29, 1.82) is 0 Å². The van der Waals surface area contributed by atoms with Gasteiger partial charge >= 0.3 is 0 Å². The van der Waals surface area contributed by atoms with Crippen LogP contribution in [0.3, 0.4) is 0 Å². The maximum atomic E-state index is 11.0. The highest BCUT2D eigenvalue weighted by Crippen LogP contribution is 2.31. The lowest BCUT2D eigenvalue weighted by Crippen LogP contribution is -2.68. The Labute approximate surface area is 181 Å². The number of nitrogens with two attached hydrogens (primary N) is 4. The van der Waals surface area contributed by atoms with Crippen LogP contribution in [0.1, 0.15) is 19.8 Å². The van der Waals surface area contributed by atoms with Gasteiger partial charge in [0.15, 0.2) is 6.29 Å². The van der Waals surface area contributed by atoms with Crippen molar-refractivity contribution in [1.82, 2.24) is 5.32 Å². The summed E-state index contributed by atoms with van der Waals surface area (Å²) in [6.45, 7) is 1.68. The number of aliphatic hydroxyl groups excluding tert-OH is 2. The van der Waals surface area contributed by atoms with Gasteiger partial charge in [0, 0.05) is 12.1 Å². The largest absolute Gasteiger partial charge is 0.467 e. The van der Waals surface area contributed by atoms with E-state index in [2.05, 4.69) is 5.32 Å². The third-order valence-electron chi connectivity index (χ3n) is 6.22. The summed E-state index contributed by atoms with van der Waals surface area (Å²) in [5.74, 6) is 0.555. The van der Waals surface area contributed by atoms with Crippen LogP contribution in [0.4, 0.5) is 0 Å². The third-order valence-corrected chi connectivity index (χ3v) is 6.22. The molecule has 11 atom stereocenters. The van der Waals surface area contributed by atoms with Crippen molar-refractivity contribution in [3.05, 3.63) is 11.8 Å². The molecule has 180 valence electrons. The molecule has 1 saturated heterocycles. The molecule has 2 fully saturated rings. The van der Waals surface area contributed by atoms with Crippen molar-refractivity contribution >= 4 is 0 Å². The van der Waals surface area contributed by atoms with Gasteiger partial charge in [0.1, 0.15) is 35.8 Å². The molecule has 0 bridgehead atoms. The van der Waals surface area contributed by atoms with E-state index in [9.17, 15) is 15.3 Å². The average molecular weight is 448 g/mol. The lowest BCUT2D eigenvalue weighted by atomic mass is 9.84. The molecule has 2 aliphatic heterocycles. The summed E-state index contributed by atoms with van der Waals surface area (Å²) in [5, 5.41) is 34.9. The Morgan fingerprint density at radius 3 is 2.29 bits per heavy atom. The van der Waals surface area contributed by atoms with E-state index in [0.717, 1.165) is 0 Å². The summed E-state index contributed by atoms with van der Waals surface area (Å²) in [4.78, 5) is 0. The van der Waals surface area contributed by atoms with Crippen molar-refractivity contribution in [2.24, 2.45) is 22.9 Å². The van der Waals surface area contributed by atoms with Crippen molar-refractivity contribution in [2.75, 3.05) is 20.2 Å². The van der Waals surface area contributed by atoms with Crippen LogP contribution in [-0.2, 0) is 18.9 Å². The zero-order valence-corrected chi connectivity index (χ0v) is 18.0. The predicted octanol–water partition coefficient (Wildman–Crippen LogP) is -3.85. The standard InChI is InChI=1S/C19H37N5O7/c1-19(27)7-28-18(13(26)16(19)24-2)31-15-11(23)5-10(22)14(12(15)25)30-17-9(21)4-3-8(6-20)29-17/h3,9-18,24-27H,4-7,20-23H2,1-2H3/t9-,10-,11+,12+,13-,14+,15+,16+,17-,18+,19-/m0/s1. The number of ether oxygens (including phenoxy) is 4. The van der Waals surface area contributed by atoms with Crippen LogP contribution in [0.15, 0.2) is 11.8 Å². The van der Waals surface area contributed by atoms with Gasteiger partial charge in [-0.15, -0.1) is 0 Å². The van der Waals surface area contributed by atoms with Crippen LogP contribution >= 0.6 is 0 Å². The quantitative estimate of drug-likeness (QED) is 0.196. The normalized spacial score (nSPS) is 48.7. The van der Waals surface area contributed by atoms with Gasteiger partial charge in [-0.1, -0.05) is 0 Å². The van der Waals surface area contributed by atoms with Crippen LogP contribution in [0.2, 0.25) is 0 Å². The van der Waals surface area contributed by atoms with Crippen molar-refractivity contribution < 1.29 is 34.3 Å². The molecule has 0 radical (unpaired) electrons. The Balaban J connectivity index is 1.69. The topological polar surface area (TPSA) is 214 Å². The van der Waals surface area contributed by atoms with Crippen LogP contribution < -0.4 is 28.3 Å². The molecule has 0 aromatic rings. The molecular weight excluding hydrogens is 410 g/mol. The zero-order chi connectivity index (χ0) is 22.9. The monoisotopic (exact) mass is 447 g/mol. The fourth-order valence-corrected chi connectivity index (χ4v) is 4.44. The van der Waals surface area contributed by atoms with Gasteiger partial charge in [-0.05, 0) is 32.9 Å². The van der Waals surface area contributed by atoms with Crippen LogP contribution in [0, 0.1) is 0 Å². The van der Waals surface area contributed by atoms with E-state index in [1.807, 2.05) is 0 Å². The molecule has 3 aliphatic rings. The lowest BCUT2D eigenvalue weighted by Gasteiger charge is -2.48. The summed E-state index contributed by atoms with van der Waals surface area (Å²) in [7, 11) is 1.62. The highest BCUT2D eigenvalue weighted by Gasteiger charge is 2.50. The van der Waals surface area contributed by atoms with Gasteiger partial charge in [-0.25, -0.2) is 0 Å². The van der Waals surface area contributed by atoms with Crippen LogP contribution in [0.25, 0.3) is 0 Å². The van der Waals surface area contributed by atoms with Gasteiger partial charge in [-0.3, -0.25) is 0 Å². The molecule has 3 rings (SSSR count). The minimum atomic E-state index is -1.29. The number of rotatable bonds is 6. The average Bonchev–Trinajstić information content (AvgIpc) is 2.71. The van der Waals surface area contributed by atoms with E-state index in [-0.39, 0.29) is 13.2 Å². The first kappa shape index (κ1) is 24.7. The number of likely N-dealkylation sites (N-methyl/N-ethyl adjacent to an activating group) is 1. The molecule has 1 aliphatic carbocycles. The van der Waals surface area contributed by atoms with E-state index >= 15 is 0 Å². The summed E-state index contributed by atoms with van der Waals surface area (Å²) in [5.41, 5.74) is 22.9. The molecule has 0 spiro atoms. The van der Waals surface area contributed by atoms with Gasteiger partial charge in [0.05, 0.1) is 25.2 Å². The first-order valence-electron chi connectivity index (χ1n) is 10.6. The van der Waals surface area contributed by atoms with E-state index in [1.165, 1.54) is 0 Å². The highest BCUT2D eigenvalue weighted by molar-refractivity contribution is 5.04. The molecule has 0 aromatic heterocycles. The van der Waals surface area contributed by atoms with Crippen molar-refractivity contribution in [3.8, 4) is 0 Å². The van der Waals surface area contributed by atoms with E-state index in [4.69, 9.17) is 41.9 Å². The predicted molar refractivity (Wildman–Crippen MR) is 110 cm³/mol. The minimum Gasteiger partial charge on any atom is -0.467 e. The molecule has 12 N–H and O–H groups in total. The second-order valence-corrected chi connectivity index (χ2v) is 8.81. The molecule has 12 heteroatoms. The fourth-order valence-electron chi connectivity index (χ4n) is 4.44. The first-order valence-corrected chi connectivity index (χ1v) is 10.6. The molecule has 12 nitrogen and oxygen atoms in total. The number of hydrogen-bond acceptors (Lipinski definition) is 12. The Morgan fingerprint density at radius 2 is 1.71 bits per heavy atom.